The highest BCUT2D eigenvalue weighted by atomic mass is 32.2. The van der Waals surface area contributed by atoms with E-state index in [-0.39, 0.29) is 15.8 Å². The van der Waals surface area contributed by atoms with Crippen LogP contribution >= 0.6 is 11.3 Å². The number of sulfonamides is 1. The molecule has 0 bridgehead atoms. The molecule has 132 valence electrons. The fraction of sp³-hybridized carbons (Fsp3) is 0.353. The predicted octanol–water partition coefficient (Wildman–Crippen LogP) is 2.23. The molecule has 2 aliphatic heterocycles. The number of benzene rings is 1. The highest BCUT2D eigenvalue weighted by Crippen LogP contribution is 2.42. The zero-order valence-electron chi connectivity index (χ0n) is 13.4. The summed E-state index contributed by atoms with van der Waals surface area (Å²) in [5, 5.41) is 12.8. The number of aromatic carboxylic acids is 1. The van der Waals surface area contributed by atoms with Gasteiger partial charge in [0.1, 0.15) is 4.21 Å². The van der Waals surface area contributed by atoms with Crippen molar-refractivity contribution in [2.24, 2.45) is 0 Å². The van der Waals surface area contributed by atoms with Crippen LogP contribution < -0.4 is 5.32 Å². The topological polar surface area (TPSA) is 86.7 Å². The van der Waals surface area contributed by atoms with Crippen molar-refractivity contribution in [1.82, 2.24) is 9.62 Å². The monoisotopic (exact) mass is 378 g/mol. The molecule has 1 unspecified atom stereocenters. The van der Waals surface area contributed by atoms with Crippen molar-refractivity contribution in [1.29, 1.82) is 0 Å². The van der Waals surface area contributed by atoms with Crippen LogP contribution in [0.5, 0.6) is 0 Å². The van der Waals surface area contributed by atoms with Crippen LogP contribution in [0.4, 0.5) is 0 Å². The summed E-state index contributed by atoms with van der Waals surface area (Å²) < 4.78 is 27.8. The number of fused-ring (bicyclic) bond motifs is 1. The molecule has 1 aromatic heterocycles. The van der Waals surface area contributed by atoms with Crippen molar-refractivity contribution < 1.29 is 18.3 Å². The lowest BCUT2D eigenvalue weighted by Gasteiger charge is -2.39. The summed E-state index contributed by atoms with van der Waals surface area (Å²) in [6, 6.07) is 9.27. The van der Waals surface area contributed by atoms with E-state index in [0.29, 0.717) is 31.6 Å². The van der Waals surface area contributed by atoms with Crippen LogP contribution in [0, 0.1) is 0 Å². The minimum absolute atomic E-state index is 0.0191. The second-order valence-electron chi connectivity index (χ2n) is 6.23. The number of nitrogens with one attached hydrogen (secondary N) is 1. The molecule has 1 fully saturated rings. The fourth-order valence-electron chi connectivity index (χ4n) is 3.47. The van der Waals surface area contributed by atoms with Crippen molar-refractivity contribution in [3.63, 3.8) is 0 Å². The minimum Gasteiger partial charge on any atom is -0.478 e. The zero-order valence-corrected chi connectivity index (χ0v) is 15.1. The van der Waals surface area contributed by atoms with Crippen molar-refractivity contribution in [2.45, 2.75) is 29.6 Å². The van der Waals surface area contributed by atoms with Gasteiger partial charge in [-0.05, 0) is 30.5 Å². The van der Waals surface area contributed by atoms with Gasteiger partial charge in [0.25, 0.3) is 10.0 Å². The molecule has 0 radical (unpaired) electrons. The Labute approximate surface area is 150 Å². The van der Waals surface area contributed by atoms with E-state index < -0.39 is 16.0 Å². The molecule has 4 rings (SSSR count). The van der Waals surface area contributed by atoms with Crippen molar-refractivity contribution in [3.8, 4) is 0 Å². The molecule has 1 atom stereocenters. The third-order valence-electron chi connectivity index (χ3n) is 4.81. The average Bonchev–Trinajstić information content (AvgIpc) is 2.95. The highest BCUT2D eigenvalue weighted by molar-refractivity contribution is 7.91. The molecular weight excluding hydrogens is 360 g/mol. The van der Waals surface area contributed by atoms with E-state index in [9.17, 15) is 18.3 Å². The molecule has 1 saturated heterocycles. The third kappa shape index (κ3) is 2.69. The summed E-state index contributed by atoms with van der Waals surface area (Å²) in [6.45, 7) is 1.61. The molecule has 25 heavy (non-hydrogen) atoms. The summed E-state index contributed by atoms with van der Waals surface area (Å²) >= 11 is 1.10. The molecule has 0 saturated carbocycles. The lowest BCUT2D eigenvalue weighted by molar-refractivity contribution is 0.0691. The van der Waals surface area contributed by atoms with Crippen LogP contribution in [-0.2, 0) is 23.0 Å². The first-order chi connectivity index (χ1) is 12.0. The Kier molecular flexibility index (Phi) is 4.15. The molecule has 2 N–H and O–H groups in total. The molecule has 2 aromatic rings. The van der Waals surface area contributed by atoms with Gasteiger partial charge in [0, 0.05) is 18.0 Å². The van der Waals surface area contributed by atoms with Crippen LogP contribution in [0.15, 0.2) is 34.5 Å². The van der Waals surface area contributed by atoms with Crippen LogP contribution in [0.1, 0.15) is 38.8 Å². The van der Waals surface area contributed by atoms with Gasteiger partial charge in [-0.2, -0.15) is 4.31 Å². The summed E-state index contributed by atoms with van der Waals surface area (Å²) in [4.78, 5) is 12.6. The maximum Gasteiger partial charge on any atom is 0.338 e. The number of rotatable bonds is 4. The summed E-state index contributed by atoms with van der Waals surface area (Å²) in [6.07, 6.45) is 1.30. The van der Waals surface area contributed by atoms with Crippen molar-refractivity contribution in [3.05, 3.63) is 51.9 Å². The molecule has 1 aromatic carbocycles. The second kappa shape index (κ2) is 6.21. The van der Waals surface area contributed by atoms with Gasteiger partial charge in [-0.25, -0.2) is 13.2 Å². The maximum atomic E-state index is 13.2. The summed E-state index contributed by atoms with van der Waals surface area (Å²) in [5.74, 6) is -1.16. The number of thiophene rings is 1. The second-order valence-corrected chi connectivity index (χ2v) is 9.42. The minimum atomic E-state index is -3.83. The average molecular weight is 378 g/mol. The van der Waals surface area contributed by atoms with Gasteiger partial charge in [-0.3, -0.25) is 0 Å². The molecule has 8 heteroatoms. The molecule has 2 aliphatic rings. The first kappa shape index (κ1) is 16.7. The first-order valence-corrected chi connectivity index (χ1v) is 10.4. The zero-order chi connectivity index (χ0) is 17.6. The largest absolute Gasteiger partial charge is 0.478 e. The van der Waals surface area contributed by atoms with Crippen LogP contribution in [0.2, 0.25) is 0 Å². The first-order valence-electron chi connectivity index (χ1n) is 8.15. The van der Waals surface area contributed by atoms with E-state index in [1.54, 1.807) is 0 Å². The van der Waals surface area contributed by atoms with E-state index in [2.05, 4.69) is 5.32 Å². The Balaban J connectivity index is 1.76. The Morgan fingerprint density at radius 2 is 2.04 bits per heavy atom. The smallest absolute Gasteiger partial charge is 0.338 e. The van der Waals surface area contributed by atoms with Crippen LogP contribution in [0.3, 0.4) is 0 Å². The number of nitrogens with zero attached hydrogens (tertiary/aromatic N) is 1. The normalized spacial score (nSPS) is 20.7. The number of hydrogen-bond donors (Lipinski definition) is 2. The van der Waals surface area contributed by atoms with Crippen LogP contribution in [0.25, 0.3) is 0 Å². The van der Waals surface area contributed by atoms with Gasteiger partial charge in [0.2, 0.25) is 0 Å². The van der Waals surface area contributed by atoms with Crippen molar-refractivity contribution in [2.75, 3.05) is 13.1 Å². The molecular formula is C17H18N2O4S2. The van der Waals surface area contributed by atoms with E-state index in [1.165, 1.54) is 4.31 Å². The van der Waals surface area contributed by atoms with Crippen LogP contribution in [-0.4, -0.2) is 36.9 Å². The van der Waals surface area contributed by atoms with Gasteiger partial charge < -0.3 is 10.4 Å². The Hall–Kier alpha value is -1.74. The SMILES string of the molecule is O=C(O)c1c(S(=O)(=O)N2CCC2c2ccccc2)sc2c1CCNC2. The van der Waals surface area contributed by atoms with Crippen molar-refractivity contribution >= 4 is 27.3 Å². The van der Waals surface area contributed by atoms with E-state index in [4.69, 9.17) is 0 Å². The Bertz CT molecular complexity index is 922. The van der Waals surface area contributed by atoms with Gasteiger partial charge in [0.15, 0.2) is 0 Å². The lowest BCUT2D eigenvalue weighted by atomic mass is 9.98. The fourth-order valence-corrected chi connectivity index (χ4v) is 7.11. The Morgan fingerprint density at radius 1 is 1.28 bits per heavy atom. The maximum absolute atomic E-state index is 13.2. The summed E-state index contributed by atoms with van der Waals surface area (Å²) in [7, 11) is -3.83. The Morgan fingerprint density at radius 3 is 2.68 bits per heavy atom. The van der Waals surface area contributed by atoms with Gasteiger partial charge in [0.05, 0.1) is 11.6 Å². The molecule has 0 amide bonds. The van der Waals surface area contributed by atoms with E-state index in [0.717, 1.165) is 28.2 Å². The molecule has 0 aliphatic carbocycles. The number of carboxylic acid groups (broad SMARTS) is 1. The molecule has 3 heterocycles. The van der Waals surface area contributed by atoms with E-state index >= 15 is 0 Å². The standard InChI is InChI=1S/C17H18N2O4S2/c20-16(21)15-12-6-8-18-10-14(12)24-17(15)25(22,23)19-9-7-13(19)11-4-2-1-3-5-11/h1-5,13,18H,6-10H2,(H,20,21). The summed E-state index contributed by atoms with van der Waals surface area (Å²) in [5.41, 5.74) is 1.59. The molecule has 6 nitrogen and oxygen atoms in total. The van der Waals surface area contributed by atoms with E-state index in [1.807, 2.05) is 30.3 Å². The van der Waals surface area contributed by atoms with Gasteiger partial charge >= 0.3 is 5.97 Å². The van der Waals surface area contributed by atoms with Gasteiger partial charge in [-0.1, -0.05) is 30.3 Å². The third-order valence-corrected chi connectivity index (χ3v) is 8.44. The molecule has 0 spiro atoms. The van der Waals surface area contributed by atoms with Gasteiger partial charge in [-0.15, -0.1) is 11.3 Å². The number of carbonyl (C=O) groups is 1. The number of hydrogen-bond acceptors (Lipinski definition) is 5. The number of carboxylic acids is 1. The quantitative estimate of drug-likeness (QED) is 0.852. The lowest BCUT2D eigenvalue weighted by Crippen LogP contribution is -2.45. The highest BCUT2D eigenvalue weighted by Gasteiger charge is 2.43. The predicted molar refractivity (Wildman–Crippen MR) is 94.4 cm³/mol.